The van der Waals surface area contributed by atoms with Gasteiger partial charge >= 0.3 is 0 Å². The monoisotopic (exact) mass is 233 g/mol. The second-order valence-corrected chi connectivity index (χ2v) is 4.34. The molecule has 1 atom stereocenters. The van der Waals surface area contributed by atoms with Crippen molar-refractivity contribution in [1.82, 2.24) is 5.32 Å². The van der Waals surface area contributed by atoms with Crippen LogP contribution in [0.15, 0.2) is 24.3 Å². The largest absolute Gasteiger partial charge is 0.494 e. The van der Waals surface area contributed by atoms with Crippen LogP contribution in [0.2, 0.25) is 0 Å². The molecule has 0 radical (unpaired) electrons. The number of ether oxygens (including phenoxy) is 1. The van der Waals surface area contributed by atoms with Gasteiger partial charge in [0.05, 0.1) is 12.0 Å². The van der Waals surface area contributed by atoms with Crippen molar-refractivity contribution < 1.29 is 14.3 Å². The molecule has 0 saturated carbocycles. The third-order valence-electron chi connectivity index (χ3n) is 3.07. The molecule has 0 aromatic heterocycles. The minimum atomic E-state index is -0.748. The van der Waals surface area contributed by atoms with Crippen LogP contribution in [-0.4, -0.2) is 18.4 Å². The van der Waals surface area contributed by atoms with Crippen molar-refractivity contribution >= 4 is 11.8 Å². The van der Waals surface area contributed by atoms with E-state index < -0.39 is 5.41 Å². The summed E-state index contributed by atoms with van der Waals surface area (Å²) in [7, 11) is 0. The summed E-state index contributed by atoms with van der Waals surface area (Å²) in [5.74, 6) is 0.322. The van der Waals surface area contributed by atoms with Gasteiger partial charge in [0.25, 0.3) is 0 Å². The quantitative estimate of drug-likeness (QED) is 0.803. The van der Waals surface area contributed by atoms with Crippen LogP contribution < -0.4 is 10.1 Å². The summed E-state index contributed by atoms with van der Waals surface area (Å²) in [6.07, 6.45) is 0.208. The number of carbonyl (C=O) groups is 2. The van der Waals surface area contributed by atoms with Crippen LogP contribution in [0.1, 0.15) is 25.8 Å². The van der Waals surface area contributed by atoms with E-state index in [4.69, 9.17) is 4.74 Å². The fraction of sp³-hybridized carbons (Fsp3) is 0.385. The van der Waals surface area contributed by atoms with Crippen molar-refractivity contribution in [3.63, 3.8) is 0 Å². The van der Waals surface area contributed by atoms with Gasteiger partial charge in [0.1, 0.15) is 5.75 Å². The highest BCUT2D eigenvalue weighted by molar-refractivity contribution is 6.08. The van der Waals surface area contributed by atoms with E-state index in [9.17, 15) is 9.59 Å². The number of rotatable bonds is 3. The minimum absolute atomic E-state index is 0.208. The predicted molar refractivity (Wildman–Crippen MR) is 62.7 cm³/mol. The molecule has 1 unspecified atom stereocenters. The summed E-state index contributed by atoms with van der Waals surface area (Å²) in [6, 6.07) is 7.31. The Kier molecular flexibility index (Phi) is 2.88. The molecule has 4 nitrogen and oxygen atoms in total. The average Bonchev–Trinajstić information content (AvgIpc) is 2.55. The summed E-state index contributed by atoms with van der Waals surface area (Å²) in [6.45, 7) is 4.30. The molecule has 1 fully saturated rings. The van der Waals surface area contributed by atoms with Gasteiger partial charge in [-0.2, -0.15) is 0 Å². The van der Waals surface area contributed by atoms with E-state index in [0.29, 0.717) is 6.61 Å². The van der Waals surface area contributed by atoms with Crippen molar-refractivity contribution in [2.24, 2.45) is 0 Å². The molecule has 2 rings (SSSR count). The molecular weight excluding hydrogens is 218 g/mol. The van der Waals surface area contributed by atoms with Crippen LogP contribution >= 0.6 is 0 Å². The summed E-state index contributed by atoms with van der Waals surface area (Å²) < 4.78 is 5.34. The molecule has 1 aromatic carbocycles. The first-order valence-corrected chi connectivity index (χ1v) is 5.64. The number of carbonyl (C=O) groups excluding carboxylic acids is 2. The predicted octanol–water partition coefficient (Wildman–Crippen LogP) is 1.39. The molecule has 0 aliphatic carbocycles. The van der Waals surface area contributed by atoms with Gasteiger partial charge in [-0.25, -0.2) is 0 Å². The lowest BCUT2D eigenvalue weighted by atomic mass is 9.81. The Morgan fingerprint density at radius 1 is 1.29 bits per heavy atom. The zero-order valence-corrected chi connectivity index (χ0v) is 9.95. The highest BCUT2D eigenvalue weighted by Crippen LogP contribution is 2.32. The maximum Gasteiger partial charge on any atom is 0.237 e. The van der Waals surface area contributed by atoms with Crippen LogP contribution in [0.3, 0.4) is 0 Å². The lowest BCUT2D eigenvalue weighted by Crippen LogP contribution is -2.32. The van der Waals surface area contributed by atoms with Crippen molar-refractivity contribution in [1.29, 1.82) is 0 Å². The topological polar surface area (TPSA) is 55.4 Å². The van der Waals surface area contributed by atoms with E-state index >= 15 is 0 Å². The summed E-state index contributed by atoms with van der Waals surface area (Å²) in [5.41, 5.74) is 0.0891. The minimum Gasteiger partial charge on any atom is -0.494 e. The van der Waals surface area contributed by atoms with E-state index in [1.54, 1.807) is 6.92 Å². The number of nitrogens with one attached hydrogen (secondary N) is 1. The molecule has 1 aliphatic heterocycles. The van der Waals surface area contributed by atoms with E-state index in [-0.39, 0.29) is 18.2 Å². The lowest BCUT2D eigenvalue weighted by molar-refractivity contribution is -0.126. The Balaban J connectivity index is 2.28. The Morgan fingerprint density at radius 3 is 2.41 bits per heavy atom. The molecule has 90 valence electrons. The fourth-order valence-corrected chi connectivity index (χ4v) is 2.03. The third kappa shape index (κ3) is 2.02. The van der Waals surface area contributed by atoms with Crippen molar-refractivity contribution in [2.45, 2.75) is 25.7 Å². The molecule has 0 spiro atoms. The zero-order chi connectivity index (χ0) is 12.5. The second kappa shape index (κ2) is 4.20. The smallest absolute Gasteiger partial charge is 0.237 e. The van der Waals surface area contributed by atoms with Gasteiger partial charge < -0.3 is 4.74 Å². The van der Waals surface area contributed by atoms with E-state index in [2.05, 4.69) is 5.32 Å². The Morgan fingerprint density at radius 2 is 1.94 bits per heavy atom. The molecule has 4 heteroatoms. The van der Waals surface area contributed by atoms with Crippen molar-refractivity contribution in [3.8, 4) is 5.75 Å². The highest BCUT2D eigenvalue weighted by atomic mass is 16.5. The second-order valence-electron chi connectivity index (χ2n) is 4.34. The van der Waals surface area contributed by atoms with Crippen LogP contribution in [0.5, 0.6) is 5.75 Å². The van der Waals surface area contributed by atoms with Crippen molar-refractivity contribution in [2.75, 3.05) is 6.61 Å². The van der Waals surface area contributed by atoms with Gasteiger partial charge in [-0.05, 0) is 31.5 Å². The first-order valence-electron chi connectivity index (χ1n) is 5.64. The SMILES string of the molecule is CCOc1ccc(C2(C)CC(=O)NC2=O)cc1. The molecule has 0 bridgehead atoms. The van der Waals surface area contributed by atoms with Gasteiger partial charge in [0.2, 0.25) is 11.8 Å². The molecular formula is C13H15NO3. The Hall–Kier alpha value is -1.84. The van der Waals surface area contributed by atoms with Crippen LogP contribution in [-0.2, 0) is 15.0 Å². The molecule has 1 aromatic rings. The summed E-state index contributed by atoms with van der Waals surface area (Å²) in [4.78, 5) is 23.0. The van der Waals surface area contributed by atoms with Gasteiger partial charge in [-0.1, -0.05) is 12.1 Å². The van der Waals surface area contributed by atoms with E-state index in [0.717, 1.165) is 11.3 Å². The Labute approximate surface area is 100.0 Å². The van der Waals surface area contributed by atoms with Gasteiger partial charge in [0.15, 0.2) is 0 Å². The maximum absolute atomic E-state index is 11.8. The van der Waals surface area contributed by atoms with Gasteiger partial charge in [-0.15, -0.1) is 0 Å². The standard InChI is InChI=1S/C13H15NO3/c1-3-17-10-6-4-9(5-7-10)13(2)8-11(15)14-12(13)16/h4-7H,3,8H2,1-2H3,(H,14,15,16). The summed E-state index contributed by atoms with van der Waals surface area (Å²) in [5, 5.41) is 2.34. The van der Waals surface area contributed by atoms with Gasteiger partial charge in [0, 0.05) is 6.42 Å². The normalized spacial score (nSPS) is 23.6. The van der Waals surface area contributed by atoms with Crippen molar-refractivity contribution in [3.05, 3.63) is 29.8 Å². The number of benzene rings is 1. The summed E-state index contributed by atoms with van der Waals surface area (Å²) >= 11 is 0. The van der Waals surface area contributed by atoms with Crippen LogP contribution in [0.25, 0.3) is 0 Å². The zero-order valence-electron chi connectivity index (χ0n) is 9.95. The number of amides is 2. The average molecular weight is 233 g/mol. The Bertz CT molecular complexity index is 452. The maximum atomic E-state index is 11.8. The first kappa shape index (κ1) is 11.6. The van der Waals surface area contributed by atoms with Gasteiger partial charge in [-0.3, -0.25) is 14.9 Å². The molecule has 1 saturated heterocycles. The molecule has 2 amide bonds. The lowest BCUT2D eigenvalue weighted by Gasteiger charge is -2.20. The number of imide groups is 1. The number of hydrogen-bond donors (Lipinski definition) is 1. The van der Waals surface area contributed by atoms with Crippen LogP contribution in [0, 0.1) is 0 Å². The highest BCUT2D eigenvalue weighted by Gasteiger charge is 2.43. The van der Waals surface area contributed by atoms with Crippen LogP contribution in [0.4, 0.5) is 0 Å². The first-order chi connectivity index (χ1) is 8.06. The molecule has 1 N–H and O–H groups in total. The fourth-order valence-electron chi connectivity index (χ4n) is 2.03. The van der Waals surface area contributed by atoms with E-state index in [1.165, 1.54) is 0 Å². The molecule has 1 aliphatic rings. The number of hydrogen-bond acceptors (Lipinski definition) is 3. The molecule has 1 heterocycles. The molecule has 17 heavy (non-hydrogen) atoms. The van der Waals surface area contributed by atoms with E-state index in [1.807, 2.05) is 31.2 Å². The third-order valence-corrected chi connectivity index (χ3v) is 3.07.